The highest BCUT2D eigenvalue weighted by Crippen LogP contribution is 2.64. The number of H-pyrrole nitrogens is 1. The number of benzene rings is 3. The zero-order valence-corrected chi connectivity index (χ0v) is 33.8. The van der Waals surface area contributed by atoms with Crippen molar-refractivity contribution in [1.82, 2.24) is 20.1 Å². The number of carbonyl (C=O) groups excluding carboxylic acids is 2. The van der Waals surface area contributed by atoms with E-state index >= 15 is 4.79 Å². The fourth-order valence-electron chi connectivity index (χ4n) is 10.8. The van der Waals surface area contributed by atoms with E-state index < -0.39 is 59.2 Å². The number of aryl methyl sites for hydroxylation is 1. The molecule has 4 bridgehead atoms. The summed E-state index contributed by atoms with van der Waals surface area (Å²) in [6.45, 7) is 4.55. The van der Waals surface area contributed by atoms with Crippen molar-refractivity contribution in [2.24, 2.45) is 0 Å². The lowest BCUT2D eigenvalue weighted by Crippen LogP contribution is -2.70. The molecule has 3 aromatic carbocycles. The van der Waals surface area contributed by atoms with E-state index in [4.69, 9.17) is 28.4 Å². The maximum absolute atomic E-state index is 15.0. The lowest BCUT2D eigenvalue weighted by Gasteiger charge is -2.62. The molecule has 0 unspecified atom stereocenters. The maximum atomic E-state index is 15.0. The van der Waals surface area contributed by atoms with Crippen LogP contribution in [-0.2, 0) is 32.7 Å². The highest BCUT2D eigenvalue weighted by Gasteiger charge is 2.62. The standard InChI is InChI=1S/C42H46N4O11S/c1-17-9-20-10-26-40(50)46-27-14-54-41(51)42(39-24(11-21(13-47)44-42)23-12-22(52-5)7-8-25(23)43-39)15-58-38(32(46)31(45(26)4)28(20)33(49)34(17)53-6)30-29(27)37-36(55-16-56-37)18(2)35(30)57-19(3)48/h7-9,12,21,26-27,31-32,38,40,43-44,47,49-50H,10-11,13-16H2,1-6H3/t21-,26+,27+,31+,32-,38-,40+,42-/m1/s1. The summed E-state index contributed by atoms with van der Waals surface area (Å²) in [4.78, 5) is 35.7. The number of aromatic amines is 1. The number of aliphatic hydroxyl groups is 2. The number of nitrogens with zero attached hydrogens (tertiary/aromatic N) is 2. The first-order valence-corrected chi connectivity index (χ1v) is 20.5. The Bertz CT molecular complexity index is 2420. The van der Waals surface area contributed by atoms with E-state index in [1.165, 1.54) is 25.8 Å². The Morgan fingerprint density at radius 1 is 1.05 bits per heavy atom. The fraction of sp³-hybridized carbons (Fsp3) is 0.476. The second-order valence-electron chi connectivity index (χ2n) is 16.2. The summed E-state index contributed by atoms with van der Waals surface area (Å²) in [6.07, 6.45) is -0.174. The largest absolute Gasteiger partial charge is 0.504 e. The van der Waals surface area contributed by atoms with Crippen LogP contribution in [0.1, 0.15) is 68.9 Å². The van der Waals surface area contributed by atoms with Crippen molar-refractivity contribution in [1.29, 1.82) is 0 Å². The average molecular weight is 815 g/mol. The number of nitrogens with one attached hydrogen (secondary N) is 2. The molecular weight excluding hydrogens is 769 g/mol. The number of aromatic hydroxyl groups is 1. The molecule has 11 rings (SSSR count). The molecule has 0 saturated carbocycles. The molecule has 2 fully saturated rings. The number of rotatable bonds is 4. The van der Waals surface area contributed by atoms with E-state index in [-0.39, 0.29) is 31.5 Å². The molecule has 5 N–H and O–H groups in total. The minimum Gasteiger partial charge on any atom is -0.504 e. The van der Waals surface area contributed by atoms with Crippen LogP contribution in [-0.4, -0.2) is 113 Å². The number of phenolic OH excluding ortho intramolecular Hbond substituents is 1. The molecule has 0 radical (unpaired) electrons. The van der Waals surface area contributed by atoms with Gasteiger partial charge in [-0.2, -0.15) is 0 Å². The number of esters is 2. The molecule has 306 valence electrons. The van der Waals surface area contributed by atoms with Gasteiger partial charge in [0.1, 0.15) is 24.3 Å². The molecule has 8 heterocycles. The second kappa shape index (κ2) is 13.4. The molecule has 0 amide bonds. The zero-order valence-electron chi connectivity index (χ0n) is 33.0. The molecule has 16 heteroatoms. The van der Waals surface area contributed by atoms with Gasteiger partial charge in [0, 0.05) is 57.9 Å². The van der Waals surface area contributed by atoms with Gasteiger partial charge in [-0.05, 0) is 68.6 Å². The van der Waals surface area contributed by atoms with Gasteiger partial charge in [-0.15, -0.1) is 11.8 Å². The van der Waals surface area contributed by atoms with Gasteiger partial charge in [-0.1, -0.05) is 6.07 Å². The van der Waals surface area contributed by atoms with Crippen molar-refractivity contribution < 1.29 is 53.3 Å². The first-order chi connectivity index (χ1) is 27.9. The highest BCUT2D eigenvalue weighted by atomic mass is 32.2. The van der Waals surface area contributed by atoms with E-state index in [1.807, 2.05) is 50.1 Å². The van der Waals surface area contributed by atoms with Crippen LogP contribution in [0.15, 0.2) is 24.3 Å². The Balaban J connectivity index is 1.24. The molecular formula is C42H46N4O11S. The summed E-state index contributed by atoms with van der Waals surface area (Å²) in [5.41, 5.74) is 5.08. The molecule has 4 aromatic rings. The molecule has 0 aliphatic carbocycles. The molecule has 7 aliphatic rings. The predicted octanol–water partition coefficient (Wildman–Crippen LogP) is 3.55. The van der Waals surface area contributed by atoms with Crippen LogP contribution in [0.5, 0.6) is 34.5 Å². The Kier molecular flexibility index (Phi) is 8.68. The number of thioether (sulfide) groups is 1. The lowest BCUT2D eigenvalue weighted by molar-refractivity contribution is -0.186. The van der Waals surface area contributed by atoms with Crippen molar-refractivity contribution in [2.75, 3.05) is 47.0 Å². The van der Waals surface area contributed by atoms with Gasteiger partial charge in [-0.3, -0.25) is 19.9 Å². The smallest absolute Gasteiger partial charge is 0.333 e. The lowest BCUT2D eigenvalue weighted by atomic mass is 9.73. The van der Waals surface area contributed by atoms with E-state index in [0.29, 0.717) is 69.5 Å². The van der Waals surface area contributed by atoms with E-state index in [0.717, 1.165) is 27.6 Å². The number of hydrogen-bond acceptors (Lipinski definition) is 15. The summed E-state index contributed by atoms with van der Waals surface area (Å²) in [7, 11) is 5.10. The number of hydrogen-bond donors (Lipinski definition) is 5. The minimum atomic E-state index is -1.47. The summed E-state index contributed by atoms with van der Waals surface area (Å²) < 4.78 is 36.2. The summed E-state index contributed by atoms with van der Waals surface area (Å²) >= 11 is 1.46. The number of aliphatic hydroxyl groups excluding tert-OH is 2. The van der Waals surface area contributed by atoms with Crippen LogP contribution >= 0.6 is 11.8 Å². The number of carbonyl (C=O) groups is 2. The van der Waals surface area contributed by atoms with Crippen LogP contribution in [0.25, 0.3) is 10.9 Å². The van der Waals surface area contributed by atoms with Crippen molar-refractivity contribution in [3.8, 4) is 34.5 Å². The van der Waals surface area contributed by atoms with Crippen LogP contribution in [0.3, 0.4) is 0 Å². The number of likely N-dealkylation sites (N-methyl/N-ethyl adjacent to an activating group) is 1. The number of ether oxygens (including phenoxy) is 6. The topological polar surface area (TPSA) is 185 Å². The highest BCUT2D eigenvalue weighted by molar-refractivity contribution is 7.99. The average Bonchev–Trinajstić information content (AvgIpc) is 3.85. The number of phenols is 1. The van der Waals surface area contributed by atoms with Crippen molar-refractivity contribution in [3.05, 3.63) is 68.9 Å². The minimum absolute atomic E-state index is 0.0326. The quantitative estimate of drug-likeness (QED) is 0.149. The van der Waals surface area contributed by atoms with Gasteiger partial charge in [0.15, 0.2) is 28.5 Å². The first kappa shape index (κ1) is 37.6. The van der Waals surface area contributed by atoms with Crippen LogP contribution < -0.4 is 29.0 Å². The van der Waals surface area contributed by atoms with Crippen molar-refractivity contribution >= 4 is 34.6 Å². The van der Waals surface area contributed by atoms with E-state index in [9.17, 15) is 20.1 Å². The number of methoxy groups -OCH3 is 2. The summed E-state index contributed by atoms with van der Waals surface area (Å²) in [5, 5.41) is 39.2. The predicted molar refractivity (Wildman–Crippen MR) is 211 cm³/mol. The number of fused-ring (bicyclic) bond motifs is 11. The second-order valence-corrected chi connectivity index (χ2v) is 17.3. The van der Waals surface area contributed by atoms with Crippen LogP contribution in [0.2, 0.25) is 0 Å². The SMILES string of the molecule is COc1ccc2[nH]c3c(c2c1)C[C@H](CO)N[C@]31CS[C@@H]2c3c(OC(C)=O)c(C)c4c(c3[C@H](COC1=O)N1[C@@H]2[C@@H]2c3c(cc(C)c(OC)c3O)C[C@@H]([C@@H]1O)N2C)OCO4. The third kappa shape index (κ3) is 5.05. The Labute approximate surface area is 338 Å². The third-order valence-electron chi connectivity index (χ3n) is 13.2. The van der Waals surface area contributed by atoms with Crippen LogP contribution in [0.4, 0.5) is 0 Å². The molecule has 8 atom stereocenters. The van der Waals surface area contributed by atoms with Gasteiger partial charge in [-0.25, -0.2) is 4.79 Å². The maximum Gasteiger partial charge on any atom is 0.333 e. The van der Waals surface area contributed by atoms with Crippen molar-refractivity contribution in [3.63, 3.8) is 0 Å². The van der Waals surface area contributed by atoms with E-state index in [1.54, 1.807) is 7.11 Å². The van der Waals surface area contributed by atoms with Crippen LogP contribution in [0, 0.1) is 13.8 Å². The molecule has 1 spiro atoms. The van der Waals surface area contributed by atoms with E-state index in [2.05, 4.69) is 15.2 Å². The Morgan fingerprint density at radius 3 is 2.59 bits per heavy atom. The summed E-state index contributed by atoms with van der Waals surface area (Å²) in [5.74, 6) is 1.28. The Morgan fingerprint density at radius 2 is 1.84 bits per heavy atom. The van der Waals surface area contributed by atoms with Gasteiger partial charge >= 0.3 is 11.9 Å². The number of aromatic nitrogens is 1. The molecule has 2 saturated heterocycles. The molecule has 15 nitrogen and oxygen atoms in total. The van der Waals surface area contributed by atoms with Crippen molar-refractivity contribution in [2.45, 2.75) is 80.8 Å². The normalized spacial score (nSPS) is 29.7. The Hall–Kier alpha value is -4.71. The molecule has 7 aliphatic heterocycles. The fourth-order valence-corrected chi connectivity index (χ4v) is 12.5. The monoisotopic (exact) mass is 814 g/mol. The molecule has 58 heavy (non-hydrogen) atoms. The third-order valence-corrected chi connectivity index (χ3v) is 14.7. The van der Waals surface area contributed by atoms with Gasteiger partial charge < -0.3 is 48.7 Å². The summed E-state index contributed by atoms with van der Waals surface area (Å²) in [6, 6.07) is 4.91. The number of piperazine rings is 1. The first-order valence-electron chi connectivity index (χ1n) is 19.5. The van der Waals surface area contributed by atoms with Gasteiger partial charge in [0.05, 0.1) is 49.9 Å². The van der Waals surface area contributed by atoms with Gasteiger partial charge in [0.2, 0.25) is 6.79 Å². The molecule has 1 aromatic heterocycles. The zero-order chi connectivity index (χ0) is 40.5. The van der Waals surface area contributed by atoms with Gasteiger partial charge in [0.25, 0.3) is 0 Å².